The molecule has 2 saturated carbocycles. The lowest BCUT2D eigenvalue weighted by molar-refractivity contribution is -0.131. The highest BCUT2D eigenvalue weighted by Crippen LogP contribution is 2.57. The molecule has 4 heterocycles. The van der Waals surface area contributed by atoms with E-state index in [4.69, 9.17) is 24.2 Å². The van der Waals surface area contributed by atoms with Crippen LogP contribution in [0.15, 0.2) is 60.0 Å². The topological polar surface area (TPSA) is 157 Å². The fourth-order valence-corrected chi connectivity index (χ4v) is 11.0. The summed E-state index contributed by atoms with van der Waals surface area (Å²) in [4.78, 5) is 57.1. The van der Waals surface area contributed by atoms with Gasteiger partial charge in [-0.1, -0.05) is 44.6 Å². The number of hydrogen-bond acceptors (Lipinski definition) is 11. The van der Waals surface area contributed by atoms with Crippen LogP contribution in [-0.2, 0) is 26.2 Å². The summed E-state index contributed by atoms with van der Waals surface area (Å²) in [5, 5.41) is 2.96. The molecule has 8 rings (SSSR count). The number of rotatable bonds is 11. The minimum Gasteiger partial charge on any atom is -0.497 e. The van der Waals surface area contributed by atoms with Crippen molar-refractivity contribution in [1.82, 2.24) is 24.5 Å². The molecule has 1 N–H and O–H groups in total. The van der Waals surface area contributed by atoms with E-state index in [0.29, 0.717) is 60.8 Å². The second kappa shape index (κ2) is 17.4. The number of thiazole rings is 1. The summed E-state index contributed by atoms with van der Waals surface area (Å²) >= 11 is 1.51. The van der Waals surface area contributed by atoms with E-state index in [-0.39, 0.29) is 43.0 Å². The molecule has 2 aliphatic carbocycles. The molecule has 324 valence electrons. The van der Waals surface area contributed by atoms with E-state index >= 15 is 0 Å². The quantitative estimate of drug-likeness (QED) is 0.147. The third kappa shape index (κ3) is 9.00. The van der Waals surface area contributed by atoms with Crippen LogP contribution in [-0.4, -0.2) is 90.6 Å². The highest BCUT2D eigenvalue weighted by atomic mass is 32.2. The number of ether oxygens (including phenoxy) is 3. The van der Waals surface area contributed by atoms with Gasteiger partial charge in [0.1, 0.15) is 34.1 Å². The molecule has 3 amide bonds. The predicted octanol–water partition coefficient (Wildman–Crippen LogP) is 7.96. The van der Waals surface area contributed by atoms with Crippen molar-refractivity contribution in [2.75, 3.05) is 27.3 Å². The van der Waals surface area contributed by atoms with Gasteiger partial charge in [-0.25, -0.2) is 23.2 Å². The maximum Gasteiger partial charge on any atom is 0.321 e. The first kappa shape index (κ1) is 42.7. The number of sulfonamides is 1. The van der Waals surface area contributed by atoms with Gasteiger partial charge >= 0.3 is 6.03 Å². The first-order valence-corrected chi connectivity index (χ1v) is 23.8. The highest BCUT2D eigenvalue weighted by Gasteiger charge is 2.61. The van der Waals surface area contributed by atoms with Gasteiger partial charge in [-0.05, 0) is 87.1 Å². The van der Waals surface area contributed by atoms with E-state index in [1.807, 2.05) is 66.9 Å². The fourth-order valence-electron chi connectivity index (χ4n) is 8.68. The van der Waals surface area contributed by atoms with E-state index in [9.17, 15) is 22.8 Å². The second-order valence-corrected chi connectivity index (χ2v) is 20.1. The van der Waals surface area contributed by atoms with Crippen LogP contribution in [0.1, 0.15) is 94.4 Å². The molecular formula is C46H55N5O8S2. The molecule has 1 saturated heterocycles. The van der Waals surface area contributed by atoms with Crippen molar-refractivity contribution in [2.24, 2.45) is 11.3 Å². The van der Waals surface area contributed by atoms with E-state index < -0.39 is 38.7 Å². The number of carbonyl (C=O) groups excluding carboxylic acids is 3. The lowest BCUT2D eigenvalue weighted by Gasteiger charge is -2.32. The van der Waals surface area contributed by atoms with Gasteiger partial charge in [-0.2, -0.15) is 0 Å². The van der Waals surface area contributed by atoms with Crippen LogP contribution >= 0.6 is 11.3 Å². The Morgan fingerprint density at radius 3 is 2.51 bits per heavy atom. The third-order valence-corrected chi connectivity index (χ3v) is 15.3. The highest BCUT2D eigenvalue weighted by molar-refractivity contribution is 7.90. The lowest BCUT2D eigenvalue weighted by Crippen LogP contribution is -2.49. The second-order valence-electron chi connectivity index (χ2n) is 17.3. The number of nitrogens with zero attached hydrogens (tertiary/aromatic N) is 4. The molecule has 2 aromatic heterocycles. The molecule has 4 aromatic rings. The zero-order valence-electron chi connectivity index (χ0n) is 35.5. The number of Topliss-reactive ketones (excluding diaryl/α,β-unsaturated/α-hetero) is 1. The van der Waals surface area contributed by atoms with Crippen LogP contribution < -0.4 is 18.9 Å². The average molecular weight is 870 g/mol. The van der Waals surface area contributed by atoms with Crippen molar-refractivity contribution in [1.29, 1.82) is 0 Å². The van der Waals surface area contributed by atoms with Gasteiger partial charge in [-0.3, -0.25) is 14.3 Å². The molecule has 0 unspecified atom stereocenters. The summed E-state index contributed by atoms with van der Waals surface area (Å²) < 4.78 is 46.3. The van der Waals surface area contributed by atoms with E-state index in [2.05, 4.69) is 18.6 Å². The van der Waals surface area contributed by atoms with Gasteiger partial charge < -0.3 is 24.0 Å². The van der Waals surface area contributed by atoms with Crippen LogP contribution in [0, 0.1) is 18.3 Å². The Bertz CT molecular complexity index is 2450. The summed E-state index contributed by atoms with van der Waals surface area (Å²) in [6, 6.07) is 12.1. The Balaban J connectivity index is 1.15. The Kier molecular flexibility index (Phi) is 12.2. The molecule has 4 aliphatic rings. The molecular weight excluding hydrogens is 815 g/mol. The number of carbonyl (C=O) groups is 3. The van der Waals surface area contributed by atoms with E-state index in [0.717, 1.165) is 52.9 Å². The summed E-state index contributed by atoms with van der Waals surface area (Å²) in [5.74, 6) is 0.955. The molecule has 4 atom stereocenters. The first-order valence-electron chi connectivity index (χ1n) is 21.3. The number of pyridine rings is 1. The van der Waals surface area contributed by atoms with Crippen molar-refractivity contribution in [3.8, 4) is 28.0 Å². The van der Waals surface area contributed by atoms with Gasteiger partial charge in [0.05, 0.1) is 48.7 Å². The molecule has 61 heavy (non-hydrogen) atoms. The zero-order chi connectivity index (χ0) is 43.1. The average Bonchev–Trinajstić information content (AvgIpc) is 4.12. The smallest absolute Gasteiger partial charge is 0.321 e. The van der Waals surface area contributed by atoms with Gasteiger partial charge in [0.25, 0.3) is 0 Å². The normalized spacial score (nSPS) is 24.1. The van der Waals surface area contributed by atoms with Crippen molar-refractivity contribution >= 4 is 50.0 Å². The predicted molar refractivity (Wildman–Crippen MR) is 234 cm³/mol. The zero-order valence-corrected chi connectivity index (χ0v) is 37.1. The molecule has 0 bridgehead atoms. The van der Waals surface area contributed by atoms with Crippen LogP contribution in [0.4, 0.5) is 4.79 Å². The Morgan fingerprint density at radius 1 is 1.02 bits per heavy atom. The van der Waals surface area contributed by atoms with Crippen LogP contribution in [0.3, 0.4) is 0 Å². The number of nitrogens with one attached hydrogen (secondary N) is 1. The largest absolute Gasteiger partial charge is 0.497 e. The van der Waals surface area contributed by atoms with Crippen LogP contribution in [0.2, 0.25) is 0 Å². The van der Waals surface area contributed by atoms with Crippen LogP contribution in [0.25, 0.3) is 21.6 Å². The van der Waals surface area contributed by atoms with Gasteiger partial charge in [0.2, 0.25) is 15.9 Å². The van der Waals surface area contributed by atoms with Crippen molar-refractivity contribution in [2.45, 2.75) is 108 Å². The number of benzene rings is 2. The van der Waals surface area contributed by atoms with Gasteiger partial charge in [0.15, 0.2) is 5.78 Å². The number of methoxy groups -OCH3 is 2. The number of hydrogen-bond donors (Lipinski definition) is 1. The maximum absolute atomic E-state index is 15.0. The first-order chi connectivity index (χ1) is 29.3. The number of fused-ring (bicyclic) bond motifs is 3. The molecule has 2 aromatic carbocycles. The van der Waals surface area contributed by atoms with Crippen molar-refractivity contribution < 1.29 is 37.0 Å². The van der Waals surface area contributed by atoms with Gasteiger partial charge in [0, 0.05) is 48.3 Å². The molecule has 13 nitrogen and oxygen atoms in total. The van der Waals surface area contributed by atoms with Crippen molar-refractivity contribution in [3.05, 3.63) is 76.8 Å². The monoisotopic (exact) mass is 869 g/mol. The standard InChI is InChI=1S/C46H55N5O8S2/c1-28(2)37-27-60-43(48-37)36-22-41(35-18-19-40(58-5)29(3)42(35)47-36)59-33-21-38-39(52)24-46(44(53)49-61(55,56)34-16-17-34)23-31(46)11-9-7-6-8-10-20-50(45(54)51(38)26-33)25-30-12-14-32(57-4)15-13-30/h9,11-15,18-19,22,27-28,31,33-34,38H,6-8,10,16-17,20-21,23-26H2,1-5H3,(H,49,53)/b11-9-/t31-,33-,38+,46-/m1/s1. The summed E-state index contributed by atoms with van der Waals surface area (Å²) in [6.07, 6.45) is 8.09. The molecule has 3 fully saturated rings. The summed E-state index contributed by atoms with van der Waals surface area (Å²) in [7, 11) is -0.613. The minimum absolute atomic E-state index is 0.121. The number of aryl methyl sites for hydroxylation is 1. The Morgan fingerprint density at radius 2 is 1.80 bits per heavy atom. The van der Waals surface area contributed by atoms with Crippen molar-refractivity contribution in [3.63, 3.8) is 0 Å². The minimum atomic E-state index is -3.84. The SMILES string of the molecule is COc1ccc(CN2CCCCC/C=C\[C@@H]3C[C@@]3(C(=O)NS(=O)(=O)C3CC3)CC(=O)[C@@H]3C[C@@H](Oc4cc(-c5nc(C(C)C)cs5)nc5c(C)c(OC)ccc45)CN3C2=O)cc1. The Labute approximate surface area is 361 Å². The summed E-state index contributed by atoms with van der Waals surface area (Å²) in [6.45, 7) is 7.07. The number of urea groups is 1. The summed E-state index contributed by atoms with van der Waals surface area (Å²) in [5.41, 5.74) is 2.84. The van der Waals surface area contributed by atoms with E-state index in [1.54, 1.807) is 24.0 Å². The molecule has 0 spiro atoms. The van der Waals surface area contributed by atoms with Crippen LogP contribution in [0.5, 0.6) is 17.2 Å². The number of ketones is 1. The van der Waals surface area contributed by atoms with E-state index in [1.165, 1.54) is 11.3 Å². The number of allylic oxidation sites excluding steroid dienone is 2. The Hall–Kier alpha value is -5.02. The molecule has 15 heteroatoms. The molecule has 2 aliphatic heterocycles. The number of aromatic nitrogens is 2. The third-order valence-electron chi connectivity index (χ3n) is 12.6. The van der Waals surface area contributed by atoms with Gasteiger partial charge in [-0.15, -0.1) is 11.3 Å². The maximum atomic E-state index is 15.0. The fraction of sp³-hybridized carbons (Fsp3) is 0.500. The lowest BCUT2D eigenvalue weighted by atomic mass is 9.91. The number of amides is 3. The molecule has 0 radical (unpaired) electrons.